The van der Waals surface area contributed by atoms with Crippen LogP contribution in [0.15, 0.2) is 24.3 Å². The first-order valence-electron chi connectivity index (χ1n) is 5.22. The van der Waals surface area contributed by atoms with E-state index in [1.54, 1.807) is 14.0 Å². The standard InChI is InChI=1S/C12H12N2O3S/c1-7-10(11(15)16)18-12(13-7)14-8-4-3-5-9(6-8)17-2/h3-6H,1-2H3,(H,13,14)(H,15,16). The van der Waals surface area contributed by atoms with E-state index in [9.17, 15) is 4.79 Å². The fourth-order valence-electron chi connectivity index (χ4n) is 1.47. The molecule has 0 saturated heterocycles. The van der Waals surface area contributed by atoms with Crippen LogP contribution < -0.4 is 10.1 Å². The summed E-state index contributed by atoms with van der Waals surface area (Å²) in [5, 5.41) is 12.6. The summed E-state index contributed by atoms with van der Waals surface area (Å²) >= 11 is 1.11. The average Bonchev–Trinajstić information content (AvgIpc) is 2.70. The zero-order valence-corrected chi connectivity index (χ0v) is 10.7. The van der Waals surface area contributed by atoms with Gasteiger partial charge in [0.05, 0.1) is 12.8 Å². The van der Waals surface area contributed by atoms with Gasteiger partial charge in [0.25, 0.3) is 0 Å². The predicted octanol–water partition coefficient (Wildman–Crippen LogP) is 2.90. The number of aromatic carboxylic acids is 1. The molecule has 0 radical (unpaired) electrons. The molecule has 5 nitrogen and oxygen atoms in total. The SMILES string of the molecule is COc1cccc(Nc2nc(C)c(C(=O)O)s2)c1. The molecule has 0 amide bonds. The molecule has 1 aromatic carbocycles. The first kappa shape index (κ1) is 12.4. The topological polar surface area (TPSA) is 71.5 Å². The molecule has 0 aliphatic rings. The Kier molecular flexibility index (Phi) is 3.47. The van der Waals surface area contributed by atoms with Crippen LogP contribution in [-0.2, 0) is 0 Å². The molecular weight excluding hydrogens is 252 g/mol. The Bertz CT molecular complexity index is 580. The van der Waals surface area contributed by atoms with E-state index in [4.69, 9.17) is 9.84 Å². The number of hydrogen-bond donors (Lipinski definition) is 2. The predicted molar refractivity (Wildman–Crippen MR) is 70.1 cm³/mol. The number of benzene rings is 1. The number of anilines is 2. The Hall–Kier alpha value is -2.08. The summed E-state index contributed by atoms with van der Waals surface area (Å²) in [6.45, 7) is 1.68. The molecule has 18 heavy (non-hydrogen) atoms. The number of aryl methyl sites for hydroxylation is 1. The quantitative estimate of drug-likeness (QED) is 0.888. The number of methoxy groups -OCH3 is 1. The van der Waals surface area contributed by atoms with Crippen molar-refractivity contribution in [1.29, 1.82) is 0 Å². The third-order valence-electron chi connectivity index (χ3n) is 2.31. The van der Waals surface area contributed by atoms with Crippen LogP contribution in [0.4, 0.5) is 10.8 Å². The van der Waals surface area contributed by atoms with Gasteiger partial charge in [-0.2, -0.15) is 0 Å². The van der Waals surface area contributed by atoms with E-state index in [2.05, 4.69) is 10.3 Å². The summed E-state index contributed by atoms with van der Waals surface area (Å²) in [7, 11) is 1.59. The van der Waals surface area contributed by atoms with Gasteiger partial charge in [-0.25, -0.2) is 9.78 Å². The molecule has 2 aromatic rings. The largest absolute Gasteiger partial charge is 0.497 e. The number of ether oxygens (including phenoxy) is 1. The molecule has 0 unspecified atom stereocenters. The zero-order valence-electron chi connectivity index (χ0n) is 9.93. The highest BCUT2D eigenvalue weighted by Crippen LogP contribution is 2.27. The lowest BCUT2D eigenvalue weighted by Gasteiger charge is -2.04. The van der Waals surface area contributed by atoms with E-state index >= 15 is 0 Å². The first-order chi connectivity index (χ1) is 8.60. The van der Waals surface area contributed by atoms with Crippen LogP contribution in [0.1, 0.15) is 15.4 Å². The van der Waals surface area contributed by atoms with Crippen LogP contribution in [0, 0.1) is 6.92 Å². The van der Waals surface area contributed by atoms with Gasteiger partial charge in [-0.05, 0) is 19.1 Å². The second-order valence-corrected chi connectivity index (χ2v) is 4.59. The molecule has 1 heterocycles. The third kappa shape index (κ3) is 2.60. The summed E-state index contributed by atoms with van der Waals surface area (Å²) in [6.07, 6.45) is 0. The maximum atomic E-state index is 10.9. The highest BCUT2D eigenvalue weighted by atomic mass is 32.1. The van der Waals surface area contributed by atoms with Gasteiger partial charge in [-0.1, -0.05) is 17.4 Å². The average molecular weight is 264 g/mol. The second kappa shape index (κ2) is 5.05. The summed E-state index contributed by atoms with van der Waals surface area (Å²) in [5.74, 6) is -0.226. The molecule has 2 N–H and O–H groups in total. The maximum absolute atomic E-state index is 10.9. The molecule has 0 aliphatic heterocycles. The van der Waals surface area contributed by atoms with Gasteiger partial charge in [0, 0.05) is 11.8 Å². The molecule has 0 fully saturated rings. The monoisotopic (exact) mass is 264 g/mol. The summed E-state index contributed by atoms with van der Waals surface area (Å²) in [6, 6.07) is 7.36. The molecule has 0 aliphatic carbocycles. The first-order valence-corrected chi connectivity index (χ1v) is 6.03. The van der Waals surface area contributed by atoms with Crippen molar-refractivity contribution >= 4 is 28.1 Å². The Morgan fingerprint density at radius 1 is 1.50 bits per heavy atom. The van der Waals surface area contributed by atoms with E-state index in [1.165, 1.54) is 0 Å². The van der Waals surface area contributed by atoms with E-state index in [-0.39, 0.29) is 4.88 Å². The molecule has 94 valence electrons. The lowest BCUT2D eigenvalue weighted by Crippen LogP contribution is -1.94. The molecule has 2 rings (SSSR count). The fourth-order valence-corrected chi connectivity index (χ4v) is 2.30. The fraction of sp³-hybridized carbons (Fsp3) is 0.167. The van der Waals surface area contributed by atoms with Crippen molar-refractivity contribution in [3.63, 3.8) is 0 Å². The van der Waals surface area contributed by atoms with Crippen molar-refractivity contribution < 1.29 is 14.6 Å². The normalized spacial score (nSPS) is 10.1. The van der Waals surface area contributed by atoms with Gasteiger partial charge in [0.15, 0.2) is 5.13 Å². The number of hydrogen-bond acceptors (Lipinski definition) is 5. The van der Waals surface area contributed by atoms with E-state index in [0.29, 0.717) is 10.8 Å². The van der Waals surface area contributed by atoms with Gasteiger partial charge in [0.1, 0.15) is 10.6 Å². The van der Waals surface area contributed by atoms with Gasteiger partial charge >= 0.3 is 5.97 Å². The Morgan fingerprint density at radius 3 is 2.89 bits per heavy atom. The van der Waals surface area contributed by atoms with Crippen LogP contribution in [0.3, 0.4) is 0 Å². The minimum atomic E-state index is -0.955. The molecule has 0 saturated carbocycles. The van der Waals surface area contributed by atoms with E-state index < -0.39 is 5.97 Å². The van der Waals surface area contributed by atoms with Crippen LogP contribution in [0.25, 0.3) is 0 Å². The van der Waals surface area contributed by atoms with Crippen molar-refractivity contribution in [3.8, 4) is 5.75 Å². The van der Waals surface area contributed by atoms with Crippen molar-refractivity contribution in [2.24, 2.45) is 0 Å². The van der Waals surface area contributed by atoms with Crippen LogP contribution >= 0.6 is 11.3 Å². The number of carbonyl (C=O) groups is 1. The molecule has 6 heteroatoms. The van der Waals surface area contributed by atoms with Crippen molar-refractivity contribution in [3.05, 3.63) is 34.8 Å². The smallest absolute Gasteiger partial charge is 0.347 e. The Labute approximate surface area is 108 Å². The van der Waals surface area contributed by atoms with Crippen molar-refractivity contribution in [2.75, 3.05) is 12.4 Å². The van der Waals surface area contributed by atoms with E-state index in [0.717, 1.165) is 22.8 Å². The molecule has 0 atom stereocenters. The van der Waals surface area contributed by atoms with Crippen LogP contribution in [0.5, 0.6) is 5.75 Å². The minimum absolute atomic E-state index is 0.250. The Balaban J connectivity index is 2.23. The highest BCUT2D eigenvalue weighted by molar-refractivity contribution is 7.17. The molecule has 0 spiro atoms. The number of aromatic nitrogens is 1. The maximum Gasteiger partial charge on any atom is 0.347 e. The third-order valence-corrected chi connectivity index (χ3v) is 3.37. The lowest BCUT2D eigenvalue weighted by atomic mass is 10.3. The second-order valence-electron chi connectivity index (χ2n) is 3.60. The number of carboxylic acid groups (broad SMARTS) is 1. The summed E-state index contributed by atoms with van der Waals surface area (Å²) in [4.78, 5) is 15.3. The number of nitrogens with one attached hydrogen (secondary N) is 1. The Morgan fingerprint density at radius 2 is 2.28 bits per heavy atom. The van der Waals surface area contributed by atoms with Gasteiger partial charge in [-0.3, -0.25) is 0 Å². The number of thiazole rings is 1. The van der Waals surface area contributed by atoms with Gasteiger partial charge in [-0.15, -0.1) is 0 Å². The highest BCUT2D eigenvalue weighted by Gasteiger charge is 2.13. The molecular formula is C12H12N2O3S. The van der Waals surface area contributed by atoms with Crippen molar-refractivity contribution in [2.45, 2.75) is 6.92 Å². The number of nitrogens with zero attached hydrogens (tertiary/aromatic N) is 1. The lowest BCUT2D eigenvalue weighted by molar-refractivity contribution is 0.0701. The van der Waals surface area contributed by atoms with Crippen LogP contribution in [-0.4, -0.2) is 23.2 Å². The van der Waals surface area contributed by atoms with Crippen molar-refractivity contribution in [1.82, 2.24) is 4.98 Å². The van der Waals surface area contributed by atoms with Gasteiger partial charge in [0.2, 0.25) is 0 Å². The number of rotatable bonds is 4. The van der Waals surface area contributed by atoms with Crippen LogP contribution in [0.2, 0.25) is 0 Å². The zero-order chi connectivity index (χ0) is 13.1. The van der Waals surface area contributed by atoms with Gasteiger partial charge < -0.3 is 15.2 Å². The minimum Gasteiger partial charge on any atom is -0.497 e. The number of carboxylic acids is 1. The summed E-state index contributed by atoms with van der Waals surface area (Å²) in [5.41, 5.74) is 1.32. The molecule has 0 bridgehead atoms. The molecule has 1 aromatic heterocycles. The summed E-state index contributed by atoms with van der Waals surface area (Å²) < 4.78 is 5.11. The van der Waals surface area contributed by atoms with E-state index in [1.807, 2.05) is 24.3 Å².